The van der Waals surface area contributed by atoms with E-state index >= 15 is 0 Å². The van der Waals surface area contributed by atoms with Crippen LogP contribution in [0.5, 0.6) is 5.75 Å². The Bertz CT molecular complexity index is 1020. The van der Waals surface area contributed by atoms with Gasteiger partial charge in [-0.3, -0.25) is 9.59 Å². The minimum Gasteiger partial charge on any atom is -0.495 e. The molecule has 0 bridgehead atoms. The molecule has 1 saturated heterocycles. The molecule has 0 radical (unpaired) electrons. The maximum absolute atomic E-state index is 13.0. The van der Waals surface area contributed by atoms with Crippen molar-refractivity contribution in [1.29, 1.82) is 0 Å². The van der Waals surface area contributed by atoms with Crippen molar-refractivity contribution in [3.8, 4) is 5.75 Å². The smallest absolute Gasteiger partial charge is 0.307 e. The van der Waals surface area contributed by atoms with Crippen molar-refractivity contribution in [2.45, 2.75) is 25.9 Å². The van der Waals surface area contributed by atoms with Gasteiger partial charge >= 0.3 is 5.97 Å². The van der Waals surface area contributed by atoms with Gasteiger partial charge < -0.3 is 14.8 Å². The standard InChI is InChI=1S/C22H25NO6S/c1-15-8-9-19(28-2)18(12-15)23-22(25)21(17-6-4-3-5-7-17)29-20(24)13-16-10-11-30(26,27)14-16/h3-9,12,16,21H,10-11,13-14H2,1-2H3,(H,23,25)/t16-,21-/m1/s1. The van der Waals surface area contributed by atoms with Crippen LogP contribution in [-0.4, -0.2) is 38.9 Å². The van der Waals surface area contributed by atoms with Crippen LogP contribution in [0.4, 0.5) is 5.69 Å². The van der Waals surface area contributed by atoms with E-state index in [1.54, 1.807) is 42.5 Å². The van der Waals surface area contributed by atoms with Gasteiger partial charge in [-0.05, 0) is 37.0 Å². The molecule has 0 spiro atoms. The van der Waals surface area contributed by atoms with E-state index in [-0.39, 0.29) is 23.8 Å². The van der Waals surface area contributed by atoms with E-state index in [1.807, 2.05) is 13.0 Å². The van der Waals surface area contributed by atoms with Crippen molar-refractivity contribution in [1.82, 2.24) is 0 Å². The van der Waals surface area contributed by atoms with E-state index in [4.69, 9.17) is 9.47 Å². The molecule has 2 aromatic carbocycles. The molecule has 0 aromatic heterocycles. The zero-order valence-corrected chi connectivity index (χ0v) is 17.8. The second-order valence-corrected chi connectivity index (χ2v) is 9.68. The number of ether oxygens (including phenoxy) is 2. The summed E-state index contributed by atoms with van der Waals surface area (Å²) in [7, 11) is -1.59. The van der Waals surface area contributed by atoms with Crippen molar-refractivity contribution >= 4 is 27.4 Å². The number of esters is 1. The monoisotopic (exact) mass is 431 g/mol. The van der Waals surface area contributed by atoms with Crippen LogP contribution in [-0.2, 0) is 24.2 Å². The van der Waals surface area contributed by atoms with Crippen molar-refractivity contribution in [2.75, 3.05) is 23.9 Å². The number of carbonyl (C=O) groups is 2. The Morgan fingerprint density at radius 3 is 2.53 bits per heavy atom. The topological polar surface area (TPSA) is 98.8 Å². The number of amides is 1. The zero-order valence-electron chi connectivity index (χ0n) is 17.0. The van der Waals surface area contributed by atoms with Gasteiger partial charge in [0.15, 0.2) is 9.84 Å². The number of methoxy groups -OCH3 is 1. The molecule has 0 aliphatic carbocycles. The highest BCUT2D eigenvalue weighted by Crippen LogP contribution is 2.29. The lowest BCUT2D eigenvalue weighted by molar-refractivity contribution is -0.155. The molecule has 2 atom stereocenters. The van der Waals surface area contributed by atoms with Gasteiger partial charge in [0.25, 0.3) is 5.91 Å². The molecule has 30 heavy (non-hydrogen) atoms. The van der Waals surface area contributed by atoms with Gasteiger partial charge in [0.1, 0.15) is 5.75 Å². The second kappa shape index (κ2) is 9.30. The highest BCUT2D eigenvalue weighted by Gasteiger charge is 2.32. The minimum atomic E-state index is -3.09. The summed E-state index contributed by atoms with van der Waals surface area (Å²) in [5.41, 5.74) is 1.93. The predicted octanol–water partition coefficient (Wildman–Crippen LogP) is 3.05. The number of nitrogens with one attached hydrogen (secondary N) is 1. The van der Waals surface area contributed by atoms with Gasteiger partial charge in [-0.1, -0.05) is 36.4 Å². The molecule has 0 saturated carbocycles. The van der Waals surface area contributed by atoms with Gasteiger partial charge in [-0.2, -0.15) is 0 Å². The summed E-state index contributed by atoms with van der Waals surface area (Å²) >= 11 is 0. The average Bonchev–Trinajstić information content (AvgIpc) is 3.05. The Balaban J connectivity index is 1.77. The molecule has 7 nitrogen and oxygen atoms in total. The van der Waals surface area contributed by atoms with Crippen LogP contribution in [0, 0.1) is 12.8 Å². The quantitative estimate of drug-likeness (QED) is 0.677. The first-order valence-corrected chi connectivity index (χ1v) is 11.5. The number of aryl methyl sites for hydroxylation is 1. The van der Waals surface area contributed by atoms with Crippen LogP contribution in [0.3, 0.4) is 0 Å². The third kappa shape index (κ3) is 5.60. The largest absolute Gasteiger partial charge is 0.495 e. The molecular weight excluding hydrogens is 406 g/mol. The number of hydrogen-bond donors (Lipinski definition) is 1. The molecule has 1 fully saturated rings. The van der Waals surface area contributed by atoms with Crippen molar-refractivity contribution < 1.29 is 27.5 Å². The van der Waals surface area contributed by atoms with Gasteiger partial charge in [0.05, 0.1) is 24.3 Å². The summed E-state index contributed by atoms with van der Waals surface area (Å²) in [6.07, 6.45) is -0.772. The van der Waals surface area contributed by atoms with E-state index in [0.717, 1.165) is 5.56 Å². The van der Waals surface area contributed by atoms with E-state index < -0.39 is 27.8 Å². The van der Waals surface area contributed by atoms with Crippen molar-refractivity contribution in [2.24, 2.45) is 5.92 Å². The van der Waals surface area contributed by atoms with Gasteiger partial charge in [0, 0.05) is 12.0 Å². The number of sulfone groups is 1. The Morgan fingerprint density at radius 2 is 1.90 bits per heavy atom. The maximum Gasteiger partial charge on any atom is 0.307 e. The summed E-state index contributed by atoms with van der Waals surface area (Å²) in [6, 6.07) is 14.1. The number of carbonyl (C=O) groups excluding carboxylic acids is 2. The Hall–Kier alpha value is -2.87. The highest BCUT2D eigenvalue weighted by molar-refractivity contribution is 7.91. The van der Waals surface area contributed by atoms with Crippen LogP contribution < -0.4 is 10.1 Å². The Kier molecular flexibility index (Phi) is 6.77. The molecule has 160 valence electrons. The van der Waals surface area contributed by atoms with Crippen LogP contribution in [0.15, 0.2) is 48.5 Å². The third-order valence-corrected chi connectivity index (χ3v) is 6.82. The number of benzene rings is 2. The molecule has 1 aliphatic heterocycles. The fraction of sp³-hybridized carbons (Fsp3) is 0.364. The average molecular weight is 432 g/mol. The van der Waals surface area contributed by atoms with Gasteiger partial charge in [-0.25, -0.2) is 8.42 Å². The molecule has 1 aliphatic rings. The molecule has 2 aromatic rings. The Labute approximate surface area is 176 Å². The maximum atomic E-state index is 13.0. The summed E-state index contributed by atoms with van der Waals surface area (Å²) in [5.74, 6) is -0.845. The van der Waals surface area contributed by atoms with Crippen LogP contribution in [0.1, 0.15) is 30.1 Å². The number of hydrogen-bond acceptors (Lipinski definition) is 6. The van der Waals surface area contributed by atoms with Gasteiger partial charge in [-0.15, -0.1) is 0 Å². The molecule has 1 heterocycles. The van der Waals surface area contributed by atoms with E-state index in [1.165, 1.54) is 7.11 Å². The zero-order chi connectivity index (χ0) is 21.7. The molecule has 8 heteroatoms. The lowest BCUT2D eigenvalue weighted by Gasteiger charge is -2.20. The first kappa shape index (κ1) is 21.8. The minimum absolute atomic E-state index is 0.0230. The van der Waals surface area contributed by atoms with E-state index in [9.17, 15) is 18.0 Å². The molecule has 0 unspecified atom stereocenters. The SMILES string of the molecule is COc1ccc(C)cc1NC(=O)[C@H](OC(=O)C[C@H]1CCS(=O)(=O)C1)c1ccccc1. The van der Waals surface area contributed by atoms with Crippen LogP contribution in [0.2, 0.25) is 0 Å². The summed E-state index contributed by atoms with van der Waals surface area (Å²) in [4.78, 5) is 25.5. The van der Waals surface area contributed by atoms with Crippen molar-refractivity contribution in [3.63, 3.8) is 0 Å². The summed E-state index contributed by atoms with van der Waals surface area (Å²) in [6.45, 7) is 1.89. The number of anilines is 1. The third-order valence-electron chi connectivity index (χ3n) is 4.98. The molecule has 3 rings (SSSR count). The Morgan fingerprint density at radius 1 is 1.17 bits per heavy atom. The van der Waals surface area contributed by atoms with Gasteiger partial charge in [0.2, 0.25) is 6.10 Å². The second-order valence-electron chi connectivity index (χ2n) is 7.45. The lowest BCUT2D eigenvalue weighted by Crippen LogP contribution is -2.27. The highest BCUT2D eigenvalue weighted by atomic mass is 32.2. The first-order valence-electron chi connectivity index (χ1n) is 9.68. The van der Waals surface area contributed by atoms with E-state index in [0.29, 0.717) is 23.4 Å². The number of rotatable bonds is 7. The van der Waals surface area contributed by atoms with E-state index in [2.05, 4.69) is 5.32 Å². The normalized spacial score (nSPS) is 18.4. The fourth-order valence-corrected chi connectivity index (χ4v) is 5.33. The molecule has 1 N–H and O–H groups in total. The predicted molar refractivity (Wildman–Crippen MR) is 113 cm³/mol. The summed E-state index contributed by atoms with van der Waals surface area (Å²) in [5, 5.41) is 2.78. The first-order chi connectivity index (χ1) is 14.3. The summed E-state index contributed by atoms with van der Waals surface area (Å²) < 4.78 is 34.1. The fourth-order valence-electron chi connectivity index (χ4n) is 3.47. The van der Waals surface area contributed by atoms with Crippen LogP contribution >= 0.6 is 0 Å². The van der Waals surface area contributed by atoms with Crippen LogP contribution in [0.25, 0.3) is 0 Å². The molecule has 1 amide bonds. The van der Waals surface area contributed by atoms with Crippen molar-refractivity contribution in [3.05, 3.63) is 59.7 Å². The lowest BCUT2D eigenvalue weighted by atomic mass is 10.1. The molecular formula is C22H25NO6S.